The molecule has 0 aromatic rings. The van der Waals surface area contributed by atoms with Gasteiger partial charge >= 0.3 is 0 Å². The van der Waals surface area contributed by atoms with Gasteiger partial charge in [0.2, 0.25) is 6.29 Å². The maximum atomic E-state index is 4.45. The molecule has 1 aliphatic rings. The zero-order valence-corrected chi connectivity index (χ0v) is 4.81. The maximum Gasteiger partial charge on any atom is 0.235 e. The van der Waals surface area contributed by atoms with Crippen molar-refractivity contribution in [1.82, 2.24) is 0 Å². The highest BCUT2D eigenvalue weighted by Crippen LogP contribution is 2.14. The van der Waals surface area contributed by atoms with Gasteiger partial charge in [-0.1, -0.05) is 12.8 Å². The molecule has 2 heteroatoms. The van der Waals surface area contributed by atoms with Crippen molar-refractivity contribution in [2.24, 2.45) is 0 Å². The Morgan fingerprint density at radius 3 is 2.62 bits per heavy atom. The molecule has 0 aliphatic carbocycles. The lowest BCUT2D eigenvalue weighted by atomic mass is 10.4. The molecule has 0 aromatic heterocycles. The van der Waals surface area contributed by atoms with Crippen LogP contribution in [0.15, 0.2) is 0 Å². The lowest BCUT2D eigenvalue weighted by Gasteiger charge is -1.70. The zero-order chi connectivity index (χ0) is 5.82. The van der Waals surface area contributed by atoms with E-state index in [2.05, 4.69) is 21.6 Å². The van der Waals surface area contributed by atoms with Crippen molar-refractivity contribution in [3.05, 3.63) is 0 Å². The molecule has 0 saturated carbocycles. The Labute approximate surface area is 48.7 Å². The Morgan fingerprint density at radius 2 is 2.12 bits per heavy atom. The summed E-state index contributed by atoms with van der Waals surface area (Å²) in [4.78, 5) is 8.91. The van der Waals surface area contributed by atoms with Crippen LogP contribution in [-0.2, 0) is 9.78 Å². The zero-order valence-electron chi connectivity index (χ0n) is 4.81. The normalized spacial score (nSPS) is 17.1. The molecule has 0 bridgehead atoms. The van der Waals surface area contributed by atoms with E-state index in [1.165, 1.54) is 0 Å². The fraction of sp³-hybridized carbons (Fsp3) is 0.667. The molecular weight excluding hydrogens is 104 g/mol. The first-order chi connectivity index (χ1) is 3.93. The highest BCUT2D eigenvalue weighted by molar-refractivity contribution is 4.98. The van der Waals surface area contributed by atoms with Crippen molar-refractivity contribution in [2.45, 2.75) is 26.1 Å². The van der Waals surface area contributed by atoms with Gasteiger partial charge in [0.05, 0.1) is 6.42 Å². The van der Waals surface area contributed by atoms with Crippen LogP contribution in [0, 0.1) is 11.8 Å². The highest BCUT2D eigenvalue weighted by Gasteiger charge is 2.23. The van der Waals surface area contributed by atoms with Crippen LogP contribution in [0.3, 0.4) is 0 Å². The summed E-state index contributed by atoms with van der Waals surface area (Å²) in [7, 11) is 0. The van der Waals surface area contributed by atoms with Crippen molar-refractivity contribution in [1.29, 1.82) is 0 Å². The molecule has 1 saturated heterocycles. The van der Waals surface area contributed by atoms with E-state index >= 15 is 0 Å². The van der Waals surface area contributed by atoms with E-state index < -0.39 is 0 Å². The minimum atomic E-state index is -0.0194. The van der Waals surface area contributed by atoms with Gasteiger partial charge < -0.3 is 0 Å². The summed E-state index contributed by atoms with van der Waals surface area (Å²) in [5, 5.41) is 0. The van der Waals surface area contributed by atoms with Crippen LogP contribution < -0.4 is 0 Å². The van der Waals surface area contributed by atoms with Gasteiger partial charge in [-0.15, -0.1) is 5.92 Å². The second kappa shape index (κ2) is 2.71. The number of hydrogen-bond acceptors (Lipinski definition) is 2. The molecule has 1 aliphatic heterocycles. The molecule has 0 radical (unpaired) electrons. The van der Waals surface area contributed by atoms with Crippen molar-refractivity contribution < 1.29 is 9.78 Å². The Bertz CT molecular complexity index is 116. The van der Waals surface area contributed by atoms with Crippen LogP contribution in [-0.4, -0.2) is 6.29 Å². The first-order valence-electron chi connectivity index (χ1n) is 2.71. The Kier molecular flexibility index (Phi) is 1.90. The van der Waals surface area contributed by atoms with E-state index in [4.69, 9.17) is 0 Å². The quantitative estimate of drug-likeness (QED) is 0.288. The molecule has 44 valence electrons. The van der Waals surface area contributed by atoms with E-state index in [0.717, 1.165) is 6.42 Å². The third-order valence-electron chi connectivity index (χ3n) is 0.803. The molecule has 0 amide bonds. The van der Waals surface area contributed by atoms with Crippen LogP contribution in [0.4, 0.5) is 0 Å². The van der Waals surface area contributed by atoms with E-state index in [-0.39, 0.29) is 6.29 Å². The predicted octanol–water partition coefficient (Wildman–Crippen LogP) is 1.08. The summed E-state index contributed by atoms with van der Waals surface area (Å²) in [6.45, 7) is 2.02. The molecular formula is C6H8O2. The third-order valence-corrected chi connectivity index (χ3v) is 0.803. The molecule has 1 rings (SSSR count). The summed E-state index contributed by atoms with van der Waals surface area (Å²) in [6, 6.07) is 0. The van der Waals surface area contributed by atoms with Gasteiger partial charge in [0.25, 0.3) is 0 Å². The van der Waals surface area contributed by atoms with Crippen LogP contribution in [0.5, 0.6) is 0 Å². The minimum Gasteiger partial charge on any atom is -0.197 e. The van der Waals surface area contributed by atoms with Crippen LogP contribution >= 0.6 is 0 Å². The largest absolute Gasteiger partial charge is 0.235 e. The van der Waals surface area contributed by atoms with Crippen molar-refractivity contribution in [2.75, 3.05) is 0 Å². The molecule has 8 heavy (non-hydrogen) atoms. The molecule has 0 unspecified atom stereocenters. The lowest BCUT2D eigenvalue weighted by Crippen LogP contribution is -1.77. The molecule has 0 N–H and O–H groups in total. The van der Waals surface area contributed by atoms with Gasteiger partial charge in [0.15, 0.2) is 0 Å². The fourth-order valence-corrected chi connectivity index (χ4v) is 0.388. The van der Waals surface area contributed by atoms with Gasteiger partial charge in [-0.25, -0.2) is 0 Å². The average Bonchev–Trinajstić information content (AvgIpc) is 2.51. The van der Waals surface area contributed by atoms with Gasteiger partial charge in [-0.3, -0.25) is 0 Å². The van der Waals surface area contributed by atoms with Gasteiger partial charge in [-0.05, 0) is 0 Å². The lowest BCUT2D eigenvalue weighted by molar-refractivity contribution is 0.0850. The standard InChI is InChI=1S/C6H8O2/c1-2-3-4-5-6-7-8-6/h6H,2,5H2,1H3. The van der Waals surface area contributed by atoms with Crippen LogP contribution in [0.2, 0.25) is 0 Å². The van der Waals surface area contributed by atoms with E-state index in [0.29, 0.717) is 6.42 Å². The van der Waals surface area contributed by atoms with Gasteiger partial charge in [0.1, 0.15) is 0 Å². The summed E-state index contributed by atoms with van der Waals surface area (Å²) < 4.78 is 0. The molecule has 0 aromatic carbocycles. The monoisotopic (exact) mass is 112 g/mol. The van der Waals surface area contributed by atoms with E-state index in [9.17, 15) is 0 Å². The average molecular weight is 112 g/mol. The molecule has 2 nitrogen and oxygen atoms in total. The first-order valence-corrected chi connectivity index (χ1v) is 2.71. The highest BCUT2D eigenvalue weighted by atomic mass is 17.4. The Balaban J connectivity index is 2.01. The fourth-order valence-electron chi connectivity index (χ4n) is 0.388. The summed E-state index contributed by atoms with van der Waals surface area (Å²) in [6.07, 6.45) is 1.61. The van der Waals surface area contributed by atoms with Crippen LogP contribution in [0.1, 0.15) is 19.8 Å². The van der Waals surface area contributed by atoms with Crippen molar-refractivity contribution in [3.63, 3.8) is 0 Å². The Morgan fingerprint density at radius 1 is 1.38 bits per heavy atom. The second-order valence-corrected chi connectivity index (χ2v) is 1.53. The van der Waals surface area contributed by atoms with E-state index in [1.54, 1.807) is 0 Å². The number of hydrogen-bond donors (Lipinski definition) is 0. The van der Waals surface area contributed by atoms with E-state index in [1.807, 2.05) is 6.92 Å². The maximum absolute atomic E-state index is 4.45. The summed E-state index contributed by atoms with van der Waals surface area (Å²) in [5.41, 5.74) is 0. The summed E-state index contributed by atoms with van der Waals surface area (Å²) >= 11 is 0. The Hall–Kier alpha value is -0.520. The van der Waals surface area contributed by atoms with Crippen molar-refractivity contribution in [3.8, 4) is 11.8 Å². The van der Waals surface area contributed by atoms with Gasteiger partial charge in [-0.2, -0.15) is 9.78 Å². The first kappa shape index (κ1) is 5.61. The molecule has 1 heterocycles. The smallest absolute Gasteiger partial charge is 0.197 e. The molecule has 0 atom stereocenters. The molecule has 1 fully saturated rings. The van der Waals surface area contributed by atoms with Crippen LogP contribution in [0.25, 0.3) is 0 Å². The SMILES string of the molecule is CCC#CCC1OO1. The summed E-state index contributed by atoms with van der Waals surface area (Å²) in [5.74, 6) is 5.81. The predicted molar refractivity (Wildman–Crippen MR) is 28.6 cm³/mol. The minimum absolute atomic E-state index is 0.0194. The number of rotatable bonds is 1. The van der Waals surface area contributed by atoms with Gasteiger partial charge in [0, 0.05) is 6.42 Å². The molecule has 0 spiro atoms. The van der Waals surface area contributed by atoms with Crippen molar-refractivity contribution >= 4 is 0 Å². The third kappa shape index (κ3) is 1.97. The topological polar surface area (TPSA) is 25.1 Å². The second-order valence-electron chi connectivity index (χ2n) is 1.53.